The van der Waals surface area contributed by atoms with Gasteiger partial charge in [-0.1, -0.05) is 0 Å². The van der Waals surface area contributed by atoms with Crippen LogP contribution in [0.15, 0.2) is 0 Å². The molecule has 0 aromatic heterocycles. The van der Waals surface area contributed by atoms with Crippen LogP contribution in [-0.2, 0) is 4.79 Å². The van der Waals surface area contributed by atoms with Crippen LogP contribution in [0.25, 0.3) is 0 Å². The molecule has 0 aromatic carbocycles. The summed E-state index contributed by atoms with van der Waals surface area (Å²) in [6.45, 7) is 1.67. The molecule has 1 unspecified atom stereocenters. The predicted octanol–water partition coefficient (Wildman–Crippen LogP) is -0.268. The van der Waals surface area contributed by atoms with Gasteiger partial charge in [-0.15, -0.1) is 0 Å². The Labute approximate surface area is 61.2 Å². The minimum Gasteiger partial charge on any atom is -0.356 e. The number of nitrogens with one attached hydrogen (secondary N) is 2. The summed E-state index contributed by atoms with van der Waals surface area (Å²) in [5.41, 5.74) is 0. The second-order valence-corrected chi connectivity index (χ2v) is 2.69. The molecular formula is C7H14N2O. The van der Waals surface area contributed by atoms with E-state index >= 15 is 0 Å². The lowest BCUT2D eigenvalue weighted by molar-refractivity contribution is -0.126. The molecule has 0 radical (unpaired) electrons. The van der Waals surface area contributed by atoms with E-state index in [1.165, 1.54) is 0 Å². The summed E-state index contributed by atoms with van der Waals surface area (Å²) in [4.78, 5) is 11.0. The maximum atomic E-state index is 11.0. The van der Waals surface area contributed by atoms with Gasteiger partial charge in [0.2, 0.25) is 5.91 Å². The third-order valence-electron chi connectivity index (χ3n) is 1.85. The topological polar surface area (TPSA) is 41.1 Å². The van der Waals surface area contributed by atoms with Crippen molar-refractivity contribution < 1.29 is 4.79 Å². The fourth-order valence-corrected chi connectivity index (χ4v) is 1.28. The summed E-state index contributed by atoms with van der Waals surface area (Å²) >= 11 is 0. The van der Waals surface area contributed by atoms with Crippen molar-refractivity contribution in [3.05, 3.63) is 0 Å². The maximum Gasteiger partial charge on any atom is 0.224 e. The first-order chi connectivity index (χ1) is 4.84. The van der Waals surface area contributed by atoms with Gasteiger partial charge in [0, 0.05) is 13.1 Å². The molecule has 0 bridgehead atoms. The van der Waals surface area contributed by atoms with E-state index in [9.17, 15) is 4.79 Å². The largest absolute Gasteiger partial charge is 0.356 e. The quantitative estimate of drug-likeness (QED) is 0.557. The van der Waals surface area contributed by atoms with Crippen molar-refractivity contribution >= 4 is 5.91 Å². The first-order valence-corrected chi connectivity index (χ1v) is 3.77. The highest BCUT2D eigenvalue weighted by molar-refractivity contribution is 5.79. The molecule has 58 valence electrons. The molecule has 3 heteroatoms. The minimum atomic E-state index is 0.207. The lowest BCUT2D eigenvalue weighted by Crippen LogP contribution is -2.40. The van der Waals surface area contributed by atoms with Crippen LogP contribution >= 0.6 is 0 Å². The van der Waals surface area contributed by atoms with Gasteiger partial charge in [-0.2, -0.15) is 0 Å². The van der Waals surface area contributed by atoms with Crippen molar-refractivity contribution in [1.29, 1.82) is 0 Å². The molecule has 0 aliphatic carbocycles. The molecular weight excluding hydrogens is 128 g/mol. The zero-order chi connectivity index (χ0) is 7.40. The average molecular weight is 142 g/mol. The molecule has 1 saturated heterocycles. The number of piperidine rings is 1. The van der Waals surface area contributed by atoms with Gasteiger partial charge in [-0.25, -0.2) is 0 Å². The molecule has 1 fully saturated rings. The number of hydrogen-bond donors (Lipinski definition) is 2. The molecule has 0 saturated carbocycles. The molecule has 0 spiro atoms. The summed E-state index contributed by atoms with van der Waals surface area (Å²) < 4.78 is 0. The summed E-state index contributed by atoms with van der Waals surface area (Å²) in [6.07, 6.45) is 2.16. The maximum absolute atomic E-state index is 11.0. The Morgan fingerprint density at radius 1 is 1.80 bits per heavy atom. The van der Waals surface area contributed by atoms with Gasteiger partial charge >= 0.3 is 0 Å². The van der Waals surface area contributed by atoms with E-state index in [1.54, 1.807) is 0 Å². The SMILES string of the molecule is CNCC1CCCNC1=O. The highest BCUT2D eigenvalue weighted by atomic mass is 16.1. The predicted molar refractivity (Wildman–Crippen MR) is 39.7 cm³/mol. The molecule has 1 aliphatic rings. The molecule has 3 nitrogen and oxygen atoms in total. The van der Waals surface area contributed by atoms with Crippen molar-refractivity contribution in [3.63, 3.8) is 0 Å². The molecule has 1 atom stereocenters. The van der Waals surface area contributed by atoms with Crippen LogP contribution in [0.5, 0.6) is 0 Å². The van der Waals surface area contributed by atoms with Gasteiger partial charge in [0.25, 0.3) is 0 Å². The summed E-state index contributed by atoms with van der Waals surface area (Å²) in [6, 6.07) is 0. The van der Waals surface area contributed by atoms with Crippen LogP contribution in [0, 0.1) is 5.92 Å². The van der Waals surface area contributed by atoms with E-state index in [0.29, 0.717) is 0 Å². The van der Waals surface area contributed by atoms with Gasteiger partial charge in [0.05, 0.1) is 5.92 Å². The Morgan fingerprint density at radius 3 is 3.20 bits per heavy atom. The Hall–Kier alpha value is -0.570. The van der Waals surface area contributed by atoms with Gasteiger partial charge in [0.15, 0.2) is 0 Å². The third kappa shape index (κ3) is 1.70. The number of rotatable bonds is 2. The van der Waals surface area contributed by atoms with Crippen LogP contribution in [0.1, 0.15) is 12.8 Å². The van der Waals surface area contributed by atoms with E-state index in [0.717, 1.165) is 25.9 Å². The second kappa shape index (κ2) is 3.56. The summed E-state index contributed by atoms with van der Waals surface area (Å²) in [5, 5.41) is 5.84. The lowest BCUT2D eigenvalue weighted by Gasteiger charge is -2.20. The molecule has 1 rings (SSSR count). The smallest absolute Gasteiger partial charge is 0.224 e. The van der Waals surface area contributed by atoms with Crippen LogP contribution in [-0.4, -0.2) is 26.0 Å². The Bertz CT molecular complexity index is 123. The molecule has 10 heavy (non-hydrogen) atoms. The van der Waals surface area contributed by atoms with Crippen molar-refractivity contribution in [3.8, 4) is 0 Å². The van der Waals surface area contributed by atoms with E-state index < -0.39 is 0 Å². The normalized spacial score (nSPS) is 26.1. The number of hydrogen-bond acceptors (Lipinski definition) is 2. The fraction of sp³-hybridized carbons (Fsp3) is 0.857. The lowest BCUT2D eigenvalue weighted by atomic mass is 9.99. The van der Waals surface area contributed by atoms with E-state index in [1.807, 2.05) is 7.05 Å². The summed E-state index contributed by atoms with van der Waals surface area (Å²) in [5.74, 6) is 0.416. The Morgan fingerprint density at radius 2 is 2.60 bits per heavy atom. The highest BCUT2D eigenvalue weighted by Crippen LogP contribution is 2.09. The molecule has 1 heterocycles. The van der Waals surface area contributed by atoms with E-state index in [-0.39, 0.29) is 11.8 Å². The zero-order valence-electron chi connectivity index (χ0n) is 6.31. The number of amides is 1. The number of carbonyl (C=O) groups is 1. The Balaban J connectivity index is 2.32. The van der Waals surface area contributed by atoms with Crippen LogP contribution in [0.4, 0.5) is 0 Å². The fourth-order valence-electron chi connectivity index (χ4n) is 1.28. The van der Waals surface area contributed by atoms with Crippen molar-refractivity contribution in [2.24, 2.45) is 5.92 Å². The molecule has 1 aliphatic heterocycles. The van der Waals surface area contributed by atoms with Crippen LogP contribution < -0.4 is 10.6 Å². The van der Waals surface area contributed by atoms with Gasteiger partial charge in [-0.05, 0) is 19.9 Å². The standard InChI is InChI=1S/C7H14N2O/c1-8-5-6-3-2-4-9-7(6)10/h6,8H,2-5H2,1H3,(H,9,10). The van der Waals surface area contributed by atoms with E-state index in [4.69, 9.17) is 0 Å². The summed E-state index contributed by atoms with van der Waals surface area (Å²) in [7, 11) is 1.88. The Kier molecular flexibility index (Phi) is 2.68. The second-order valence-electron chi connectivity index (χ2n) is 2.69. The van der Waals surface area contributed by atoms with Gasteiger partial charge in [0.1, 0.15) is 0 Å². The van der Waals surface area contributed by atoms with Crippen molar-refractivity contribution in [1.82, 2.24) is 10.6 Å². The minimum absolute atomic E-state index is 0.207. The van der Waals surface area contributed by atoms with E-state index in [2.05, 4.69) is 10.6 Å². The van der Waals surface area contributed by atoms with Crippen molar-refractivity contribution in [2.75, 3.05) is 20.1 Å². The third-order valence-corrected chi connectivity index (χ3v) is 1.85. The van der Waals surface area contributed by atoms with Gasteiger partial charge < -0.3 is 10.6 Å². The molecule has 0 aromatic rings. The number of carbonyl (C=O) groups excluding carboxylic acids is 1. The average Bonchev–Trinajstić information content (AvgIpc) is 1.94. The van der Waals surface area contributed by atoms with Crippen LogP contribution in [0.2, 0.25) is 0 Å². The van der Waals surface area contributed by atoms with Crippen molar-refractivity contribution in [2.45, 2.75) is 12.8 Å². The zero-order valence-corrected chi connectivity index (χ0v) is 6.31. The molecule has 2 N–H and O–H groups in total. The van der Waals surface area contributed by atoms with Gasteiger partial charge in [-0.3, -0.25) is 4.79 Å². The first-order valence-electron chi connectivity index (χ1n) is 3.77. The monoisotopic (exact) mass is 142 g/mol. The first kappa shape index (κ1) is 7.54. The molecule has 1 amide bonds. The van der Waals surface area contributed by atoms with Crippen LogP contribution in [0.3, 0.4) is 0 Å². The highest BCUT2D eigenvalue weighted by Gasteiger charge is 2.20.